The molecule has 0 aliphatic heterocycles. The van der Waals surface area contributed by atoms with E-state index in [0.717, 1.165) is 0 Å². The zero-order valence-corrected chi connectivity index (χ0v) is 26.1. The molecular weight excluding hydrogens is 583 g/mol. The minimum absolute atomic E-state index is 0. The molecule has 0 saturated carbocycles. The van der Waals surface area contributed by atoms with Gasteiger partial charge in [0.25, 0.3) is 0 Å². The maximum absolute atomic E-state index is 5.69. The molecule has 2 nitrogen and oxygen atoms in total. The number of benzene rings is 2. The molecule has 0 aliphatic rings. The monoisotopic (exact) mass is 622 g/mol. The van der Waals surface area contributed by atoms with Crippen molar-refractivity contribution in [3.63, 3.8) is 0 Å². The zero-order valence-electron chi connectivity index (χ0n) is 21.9. The van der Waals surface area contributed by atoms with E-state index in [0.29, 0.717) is 23.7 Å². The van der Waals surface area contributed by atoms with Crippen LogP contribution in [-0.2, 0) is 15.7 Å². The van der Waals surface area contributed by atoms with Gasteiger partial charge in [-0.05, 0) is 0 Å². The Bertz CT molecular complexity index is 812. The molecule has 33 heavy (non-hydrogen) atoms. The Morgan fingerprint density at radius 2 is 0.939 bits per heavy atom. The van der Waals surface area contributed by atoms with E-state index in [-0.39, 0.29) is 46.0 Å². The fourth-order valence-corrected chi connectivity index (χ4v) is 4.56. The van der Waals surface area contributed by atoms with Crippen molar-refractivity contribution in [2.24, 2.45) is 0 Å². The van der Waals surface area contributed by atoms with Gasteiger partial charge in [-0.25, -0.2) is 0 Å². The van der Waals surface area contributed by atoms with Crippen LogP contribution in [0.1, 0.15) is 115 Å². The van der Waals surface area contributed by atoms with Crippen molar-refractivity contribution in [1.82, 2.24) is 5.32 Å². The number of para-hydroxylation sites is 2. The first kappa shape index (κ1) is 32.5. The fraction of sp³-hybridized carbons (Fsp3) is 0.571. The quantitative estimate of drug-likeness (QED) is 0.391. The Labute approximate surface area is 232 Å². The Balaban J connectivity index is 0.00000512. The van der Waals surface area contributed by atoms with Gasteiger partial charge < -0.3 is 34.0 Å². The molecule has 0 aromatic heterocycles. The Morgan fingerprint density at radius 1 is 0.606 bits per heavy atom. The summed E-state index contributed by atoms with van der Waals surface area (Å²) in [5.74, 6) is 1.74. The minimum Gasteiger partial charge on any atom is -1.00 e. The van der Waals surface area contributed by atoms with Crippen LogP contribution in [0.4, 0.5) is 11.4 Å². The normalized spacial score (nSPS) is 13.1. The molecule has 0 bridgehead atoms. The summed E-state index contributed by atoms with van der Waals surface area (Å²) in [6.45, 7) is 22.5. The second-order valence-corrected chi connectivity index (χ2v) is 10.6. The van der Waals surface area contributed by atoms with Gasteiger partial charge in [-0.1, -0.05) is 0 Å². The van der Waals surface area contributed by atoms with E-state index in [9.17, 15) is 0 Å². The molecule has 0 aliphatic carbocycles. The molecule has 188 valence electrons. The van der Waals surface area contributed by atoms with Gasteiger partial charge >= 0.3 is 200 Å². The minimum atomic E-state index is 0. The van der Waals surface area contributed by atoms with Gasteiger partial charge in [0.15, 0.2) is 0 Å². The number of hydrogen-bond donors (Lipinski definition) is 0. The van der Waals surface area contributed by atoms with Crippen LogP contribution in [0.3, 0.4) is 0 Å². The molecule has 2 unspecified atom stereocenters. The number of anilines is 1. The smallest absolute Gasteiger partial charge is 1.00 e. The zero-order chi connectivity index (χ0) is 23.5. The summed E-state index contributed by atoms with van der Waals surface area (Å²) in [7, 11) is 0. The summed E-state index contributed by atoms with van der Waals surface area (Å²) in [6, 6.07) is 13.5. The van der Waals surface area contributed by atoms with E-state index in [1.807, 2.05) is 0 Å². The third-order valence-electron chi connectivity index (χ3n) is 6.25. The first-order chi connectivity index (χ1) is 14.5. The summed E-state index contributed by atoms with van der Waals surface area (Å²) < 4.78 is 2.10. The first-order valence-electron chi connectivity index (χ1n) is 11.9. The number of nitrogens with zero attached hydrogens (tertiary/aromatic N) is 2. The van der Waals surface area contributed by atoms with E-state index in [2.05, 4.69) is 110 Å². The average molecular weight is 625 g/mol. The number of rotatable bonds is 9. The van der Waals surface area contributed by atoms with Crippen LogP contribution in [-0.4, -0.2) is 12.1 Å². The van der Waals surface area contributed by atoms with E-state index in [4.69, 9.17) is 21.0 Å². The Hall–Kier alpha value is -0.506. The van der Waals surface area contributed by atoms with Crippen molar-refractivity contribution in [2.75, 3.05) is 3.98 Å². The van der Waals surface area contributed by atoms with Crippen LogP contribution in [0.25, 0.3) is 0 Å². The third kappa shape index (κ3) is 7.74. The van der Waals surface area contributed by atoms with E-state index in [1.165, 1.54) is 33.6 Å². The third-order valence-corrected chi connectivity index (χ3v) is 6.87. The van der Waals surface area contributed by atoms with Crippen LogP contribution in [0.15, 0.2) is 36.4 Å². The predicted octanol–water partition coefficient (Wildman–Crippen LogP) is 2.17. The van der Waals surface area contributed by atoms with Gasteiger partial charge in [0, 0.05) is 0 Å². The molecule has 2 aromatic carbocycles. The molecule has 0 amide bonds. The SMILES string of the molecule is CC(C)c1cccc(C(C)C)c1[N]C(C)C(C)[N]([Ni+2])c1c(C(C)C)cccc1C(C)C.[Br-].[Br-]. The number of halogens is 2. The molecule has 5 heteroatoms. The van der Waals surface area contributed by atoms with E-state index < -0.39 is 0 Å². The standard InChI is InChI=1S/C28H42N2.2BrH.Ni/c1-17(2)23-13-11-14-24(18(3)4)27(23)29-21(9)22(10)30-28-25(19(5)6)15-12-16-26(28)20(7)8;;;/h11-22H,1-10H3;2*1H;/q-1;;;+3/p-2. The van der Waals surface area contributed by atoms with Crippen LogP contribution >= 0.6 is 0 Å². The van der Waals surface area contributed by atoms with Crippen molar-refractivity contribution in [2.45, 2.75) is 105 Å². The molecule has 1 radical (unpaired) electrons. The summed E-state index contributed by atoms with van der Waals surface area (Å²) in [5.41, 5.74) is 7.72. The largest absolute Gasteiger partial charge is 1.00 e. The summed E-state index contributed by atoms with van der Waals surface area (Å²) in [4.78, 5) is 0. The van der Waals surface area contributed by atoms with Gasteiger partial charge in [0.05, 0.1) is 0 Å². The van der Waals surface area contributed by atoms with Crippen molar-refractivity contribution in [3.8, 4) is 0 Å². The topological polar surface area (TPSA) is 17.3 Å². The first-order valence-corrected chi connectivity index (χ1v) is 12.3. The molecule has 2 atom stereocenters. The molecule has 0 saturated heterocycles. The second-order valence-electron chi connectivity index (χ2n) is 10.1. The molecular formula is C28H42Br2N2Ni. The van der Waals surface area contributed by atoms with Crippen molar-refractivity contribution in [1.29, 1.82) is 0 Å². The fourth-order valence-electron chi connectivity index (χ4n) is 4.09. The molecule has 0 spiro atoms. The van der Waals surface area contributed by atoms with Crippen molar-refractivity contribution in [3.05, 3.63) is 58.7 Å². The van der Waals surface area contributed by atoms with Crippen molar-refractivity contribution >= 4 is 11.4 Å². The molecule has 0 heterocycles. The molecule has 2 aromatic rings. The van der Waals surface area contributed by atoms with Gasteiger partial charge in [-0.15, -0.1) is 0 Å². The summed E-state index contributed by atoms with van der Waals surface area (Å²) >= 11 is 5.69. The van der Waals surface area contributed by atoms with Crippen molar-refractivity contribution < 1.29 is 49.6 Å². The van der Waals surface area contributed by atoms with Gasteiger partial charge in [0.2, 0.25) is 0 Å². The molecule has 0 N–H and O–H groups in total. The number of hydrogen-bond acceptors (Lipinski definition) is 1. The van der Waals surface area contributed by atoms with Crippen LogP contribution in [0.5, 0.6) is 0 Å². The molecule has 0 fully saturated rings. The summed E-state index contributed by atoms with van der Waals surface area (Å²) in [5, 5.41) is 5.30. The van der Waals surface area contributed by atoms with Gasteiger partial charge in [-0.3, -0.25) is 0 Å². The van der Waals surface area contributed by atoms with E-state index in [1.54, 1.807) is 0 Å². The maximum Gasteiger partial charge on any atom is -1.00 e. The Morgan fingerprint density at radius 3 is 1.27 bits per heavy atom. The van der Waals surface area contributed by atoms with Gasteiger partial charge in [0.1, 0.15) is 0 Å². The van der Waals surface area contributed by atoms with Crippen LogP contribution in [0.2, 0.25) is 0 Å². The van der Waals surface area contributed by atoms with Gasteiger partial charge in [-0.2, -0.15) is 0 Å². The predicted molar refractivity (Wildman–Crippen MR) is 132 cm³/mol. The second kappa shape index (κ2) is 14.1. The maximum atomic E-state index is 5.69. The van der Waals surface area contributed by atoms with Crippen LogP contribution < -0.4 is 43.3 Å². The van der Waals surface area contributed by atoms with E-state index >= 15 is 0 Å². The average Bonchev–Trinajstić information content (AvgIpc) is 2.71. The Kier molecular flexibility index (Phi) is 13.9. The van der Waals surface area contributed by atoms with Crippen LogP contribution in [0, 0.1) is 0 Å². The molecule has 2 rings (SSSR count). The summed E-state index contributed by atoms with van der Waals surface area (Å²) in [6.07, 6.45) is 0.